The Bertz CT molecular complexity index is 811. The van der Waals surface area contributed by atoms with Gasteiger partial charge in [-0.1, -0.05) is 36.4 Å². The molecule has 116 valence electrons. The number of hydrogen-bond acceptors (Lipinski definition) is 3. The first-order chi connectivity index (χ1) is 11.1. The normalized spacial score (nSPS) is 11.9. The van der Waals surface area contributed by atoms with Crippen LogP contribution in [0.4, 0.5) is 0 Å². The van der Waals surface area contributed by atoms with E-state index in [-0.39, 0.29) is 11.9 Å². The molecule has 0 aliphatic heterocycles. The predicted octanol–water partition coefficient (Wildman–Crippen LogP) is 2.64. The number of nitrogens with zero attached hydrogens (tertiary/aromatic N) is 3. The van der Waals surface area contributed by atoms with E-state index in [1.165, 1.54) is 0 Å². The van der Waals surface area contributed by atoms with Crippen molar-refractivity contribution in [1.82, 2.24) is 19.9 Å². The van der Waals surface area contributed by atoms with Crippen molar-refractivity contribution < 1.29 is 4.79 Å². The second-order valence-corrected chi connectivity index (χ2v) is 5.38. The van der Waals surface area contributed by atoms with Crippen molar-refractivity contribution in [2.24, 2.45) is 7.05 Å². The van der Waals surface area contributed by atoms with Gasteiger partial charge in [0.25, 0.3) is 5.91 Å². The molecule has 1 atom stereocenters. The second-order valence-electron chi connectivity index (χ2n) is 5.38. The third-order valence-corrected chi connectivity index (χ3v) is 3.65. The lowest BCUT2D eigenvalue weighted by molar-refractivity contribution is 0.0936. The highest BCUT2D eigenvalue weighted by atomic mass is 16.1. The minimum Gasteiger partial charge on any atom is -0.337 e. The molecule has 5 heteroatoms. The summed E-state index contributed by atoms with van der Waals surface area (Å²) in [4.78, 5) is 21.2. The van der Waals surface area contributed by atoms with Crippen LogP contribution in [-0.4, -0.2) is 20.4 Å². The zero-order valence-corrected chi connectivity index (χ0v) is 13.1. The molecule has 5 nitrogen and oxygen atoms in total. The van der Waals surface area contributed by atoms with E-state index in [9.17, 15) is 4.79 Å². The van der Waals surface area contributed by atoms with Crippen LogP contribution in [0, 0.1) is 6.92 Å². The lowest BCUT2D eigenvalue weighted by atomic mass is 10.1. The molecule has 23 heavy (non-hydrogen) atoms. The summed E-state index contributed by atoms with van der Waals surface area (Å²) < 4.78 is 1.90. The Kier molecular flexibility index (Phi) is 4.19. The monoisotopic (exact) mass is 306 g/mol. The van der Waals surface area contributed by atoms with Gasteiger partial charge in [0.2, 0.25) is 0 Å². The zero-order chi connectivity index (χ0) is 16.2. The molecule has 3 aromatic rings. The first kappa shape index (κ1) is 15.0. The number of rotatable bonds is 4. The molecule has 1 N–H and O–H groups in total. The van der Waals surface area contributed by atoms with Crippen molar-refractivity contribution in [3.05, 3.63) is 83.7 Å². The van der Waals surface area contributed by atoms with Gasteiger partial charge in [-0.2, -0.15) is 0 Å². The average Bonchev–Trinajstić information content (AvgIpc) is 2.99. The molecule has 0 bridgehead atoms. The molecule has 3 rings (SSSR count). The summed E-state index contributed by atoms with van der Waals surface area (Å²) in [7, 11) is 1.91. The number of hydrogen-bond donors (Lipinski definition) is 1. The standard InChI is InChI=1S/C18H18N4O/c1-13-7-6-10-15(20-13)18(23)21-16(14-8-4-3-5-9-14)17-19-11-12-22(17)2/h3-12,16H,1-2H3,(H,21,23). The Morgan fingerprint density at radius 1 is 1.13 bits per heavy atom. The van der Waals surface area contributed by atoms with Crippen molar-refractivity contribution in [2.75, 3.05) is 0 Å². The Labute approximate surface area is 135 Å². The number of imidazole rings is 1. The molecule has 0 saturated carbocycles. The highest BCUT2D eigenvalue weighted by Crippen LogP contribution is 2.20. The summed E-state index contributed by atoms with van der Waals surface area (Å²) in [5.41, 5.74) is 2.19. The minimum absolute atomic E-state index is 0.217. The molecule has 1 aromatic carbocycles. The summed E-state index contributed by atoms with van der Waals surface area (Å²) in [6.45, 7) is 1.87. The third-order valence-electron chi connectivity index (χ3n) is 3.65. The van der Waals surface area contributed by atoms with Crippen LogP contribution >= 0.6 is 0 Å². The second kappa shape index (κ2) is 6.44. The third kappa shape index (κ3) is 3.29. The van der Waals surface area contributed by atoms with E-state index < -0.39 is 0 Å². The predicted molar refractivity (Wildman–Crippen MR) is 87.9 cm³/mol. The smallest absolute Gasteiger partial charge is 0.270 e. The van der Waals surface area contributed by atoms with Crippen LogP contribution in [-0.2, 0) is 7.05 Å². The number of amides is 1. The van der Waals surface area contributed by atoms with Crippen molar-refractivity contribution in [3.63, 3.8) is 0 Å². The number of aromatic nitrogens is 3. The number of nitrogens with one attached hydrogen (secondary N) is 1. The van der Waals surface area contributed by atoms with Crippen LogP contribution in [0.1, 0.15) is 33.6 Å². The largest absolute Gasteiger partial charge is 0.337 e. The minimum atomic E-state index is -0.328. The quantitative estimate of drug-likeness (QED) is 0.806. The van der Waals surface area contributed by atoms with Gasteiger partial charge in [-0.15, -0.1) is 0 Å². The zero-order valence-electron chi connectivity index (χ0n) is 13.1. The van der Waals surface area contributed by atoms with Crippen LogP contribution in [0.15, 0.2) is 60.9 Å². The molecule has 0 spiro atoms. The lowest BCUT2D eigenvalue weighted by Crippen LogP contribution is -2.31. The van der Waals surface area contributed by atoms with Crippen LogP contribution < -0.4 is 5.32 Å². The molecule has 0 aliphatic carbocycles. The van der Waals surface area contributed by atoms with Crippen LogP contribution in [0.2, 0.25) is 0 Å². The molecular weight excluding hydrogens is 288 g/mol. The summed E-state index contributed by atoms with van der Waals surface area (Å²) in [6.07, 6.45) is 3.59. The van der Waals surface area contributed by atoms with Gasteiger partial charge >= 0.3 is 0 Å². The van der Waals surface area contributed by atoms with Gasteiger partial charge in [0.15, 0.2) is 0 Å². The maximum atomic E-state index is 12.6. The number of carbonyl (C=O) groups excluding carboxylic acids is 1. The molecule has 0 saturated heterocycles. The fourth-order valence-corrected chi connectivity index (χ4v) is 2.47. The van der Waals surface area contributed by atoms with E-state index in [0.29, 0.717) is 5.69 Å². The van der Waals surface area contributed by atoms with Gasteiger partial charge in [-0.05, 0) is 24.6 Å². The average molecular weight is 306 g/mol. The Morgan fingerprint density at radius 2 is 1.91 bits per heavy atom. The van der Waals surface area contributed by atoms with Crippen LogP contribution in [0.25, 0.3) is 0 Å². The molecule has 2 heterocycles. The molecule has 0 radical (unpaired) electrons. The van der Waals surface area contributed by atoms with Crippen molar-refractivity contribution in [2.45, 2.75) is 13.0 Å². The highest BCUT2D eigenvalue weighted by molar-refractivity contribution is 5.92. The summed E-state index contributed by atoms with van der Waals surface area (Å²) >= 11 is 0. The maximum absolute atomic E-state index is 12.6. The molecule has 0 aliphatic rings. The Morgan fingerprint density at radius 3 is 2.57 bits per heavy atom. The summed E-state index contributed by atoms with van der Waals surface area (Å²) in [5, 5.41) is 3.04. The SMILES string of the molecule is Cc1cccc(C(=O)NC(c2ccccc2)c2nccn2C)n1. The van der Waals surface area contributed by atoms with Crippen LogP contribution in [0.3, 0.4) is 0 Å². The topological polar surface area (TPSA) is 59.8 Å². The van der Waals surface area contributed by atoms with E-state index in [2.05, 4.69) is 15.3 Å². The molecule has 0 fully saturated rings. The first-order valence-corrected chi connectivity index (χ1v) is 7.42. The van der Waals surface area contributed by atoms with Gasteiger partial charge in [0, 0.05) is 25.1 Å². The summed E-state index contributed by atoms with van der Waals surface area (Å²) in [6, 6.07) is 14.9. The van der Waals surface area contributed by atoms with E-state index in [0.717, 1.165) is 17.1 Å². The van der Waals surface area contributed by atoms with Gasteiger partial charge in [-0.25, -0.2) is 9.97 Å². The fraction of sp³-hybridized carbons (Fsp3) is 0.167. The van der Waals surface area contributed by atoms with Gasteiger partial charge in [-0.3, -0.25) is 4.79 Å². The fourth-order valence-electron chi connectivity index (χ4n) is 2.47. The molecule has 1 amide bonds. The summed E-state index contributed by atoms with van der Waals surface area (Å²) in [5.74, 6) is 0.558. The van der Waals surface area contributed by atoms with Crippen molar-refractivity contribution in [1.29, 1.82) is 0 Å². The van der Waals surface area contributed by atoms with E-state index in [1.54, 1.807) is 12.3 Å². The van der Waals surface area contributed by atoms with Crippen molar-refractivity contribution in [3.8, 4) is 0 Å². The van der Waals surface area contributed by atoms with E-state index >= 15 is 0 Å². The molecular formula is C18H18N4O. The first-order valence-electron chi connectivity index (χ1n) is 7.42. The van der Waals surface area contributed by atoms with E-state index in [1.807, 2.05) is 67.2 Å². The van der Waals surface area contributed by atoms with Gasteiger partial charge < -0.3 is 9.88 Å². The number of carbonyl (C=O) groups is 1. The van der Waals surface area contributed by atoms with Crippen LogP contribution in [0.5, 0.6) is 0 Å². The van der Waals surface area contributed by atoms with Gasteiger partial charge in [0.05, 0.1) is 0 Å². The lowest BCUT2D eigenvalue weighted by Gasteiger charge is -2.19. The van der Waals surface area contributed by atoms with Crippen molar-refractivity contribution >= 4 is 5.91 Å². The Hall–Kier alpha value is -2.95. The van der Waals surface area contributed by atoms with E-state index in [4.69, 9.17) is 0 Å². The molecule has 2 aromatic heterocycles. The van der Waals surface area contributed by atoms with Gasteiger partial charge in [0.1, 0.15) is 17.6 Å². The highest BCUT2D eigenvalue weighted by Gasteiger charge is 2.21. The number of pyridine rings is 1. The Balaban J connectivity index is 1.94. The molecule has 1 unspecified atom stereocenters. The number of benzene rings is 1. The maximum Gasteiger partial charge on any atom is 0.270 e. The number of aryl methyl sites for hydroxylation is 2.